The van der Waals surface area contributed by atoms with Gasteiger partial charge in [-0.1, -0.05) is 6.07 Å². The normalized spacial score (nSPS) is 6.56. The molecule has 5 heteroatoms. The molecule has 0 fully saturated rings. The summed E-state index contributed by atoms with van der Waals surface area (Å²) in [6.45, 7) is 13.5. The largest absolute Gasteiger partial charge is 0.213 e. The summed E-state index contributed by atoms with van der Waals surface area (Å²) in [5, 5.41) is 2.12. The average Bonchev–Trinajstić information content (AvgIpc) is 3.11. The fraction of sp³-hybridized carbons (Fsp3) is 0.0769. The Hall–Kier alpha value is -1.21. The van der Waals surface area contributed by atoms with Gasteiger partial charge in [-0.25, -0.2) is 12.1 Å². The van der Waals surface area contributed by atoms with E-state index in [0.717, 1.165) is 6.42 Å². The van der Waals surface area contributed by atoms with Crippen molar-refractivity contribution in [3.05, 3.63) is 72.2 Å². The second-order valence-electron chi connectivity index (χ2n) is 2.55. The molecule has 0 N–H and O–H groups in total. The standard InChI is InChI=1S/C10H9S.3CO.Mn/c1-2-5-9(4-1)8-10-6-3-7-11-10;3*1-2;/h1-7H,8H2;;;;/q-1;;;;. The van der Waals surface area contributed by atoms with Gasteiger partial charge in [0.25, 0.3) is 0 Å². The number of thiophene rings is 1. The summed E-state index contributed by atoms with van der Waals surface area (Å²) in [6.07, 6.45) is 1.09. The van der Waals surface area contributed by atoms with Gasteiger partial charge in [0.1, 0.15) is 0 Å². The molecule has 2 rings (SSSR count). The summed E-state index contributed by atoms with van der Waals surface area (Å²) < 4.78 is 22.5. The minimum Gasteiger partial charge on any atom is -0.213 e. The average molecular weight is 300 g/mol. The molecular formula is C13H9MnO3S-. The maximum absolute atomic E-state index is 7.50. The van der Waals surface area contributed by atoms with Gasteiger partial charge in [-0.15, -0.1) is 11.3 Å². The fourth-order valence-electron chi connectivity index (χ4n) is 1.15. The molecule has 1 heterocycles. The monoisotopic (exact) mass is 300 g/mol. The molecule has 0 saturated carbocycles. The fourth-order valence-corrected chi connectivity index (χ4v) is 1.89. The van der Waals surface area contributed by atoms with Crippen molar-refractivity contribution in [1.82, 2.24) is 0 Å². The minimum atomic E-state index is 0. The van der Waals surface area contributed by atoms with Crippen LogP contribution in [0.3, 0.4) is 0 Å². The Balaban J connectivity index is -0.000000285. The first-order chi connectivity index (χ1) is 8.45. The van der Waals surface area contributed by atoms with Crippen molar-refractivity contribution in [2.24, 2.45) is 0 Å². The maximum Gasteiger partial charge on any atom is 0 e. The number of hydrogen-bond donors (Lipinski definition) is 0. The third kappa shape index (κ3) is 9.98. The Kier molecular flexibility index (Phi) is 22.2. The van der Waals surface area contributed by atoms with Gasteiger partial charge in [-0.2, -0.15) is 17.7 Å². The molecule has 0 aliphatic carbocycles. The minimum absolute atomic E-state index is 0. The second kappa shape index (κ2) is 18.2. The summed E-state index contributed by atoms with van der Waals surface area (Å²) in [4.78, 5) is 1.44. The molecule has 0 unspecified atom stereocenters. The van der Waals surface area contributed by atoms with Crippen LogP contribution in [0.15, 0.2) is 41.8 Å². The van der Waals surface area contributed by atoms with Crippen molar-refractivity contribution in [3.63, 3.8) is 0 Å². The van der Waals surface area contributed by atoms with E-state index in [1.54, 1.807) is 0 Å². The molecule has 0 aliphatic rings. The van der Waals surface area contributed by atoms with Crippen molar-refractivity contribution in [2.75, 3.05) is 0 Å². The van der Waals surface area contributed by atoms with E-state index >= 15 is 0 Å². The molecule has 2 aromatic rings. The summed E-state index contributed by atoms with van der Waals surface area (Å²) >= 11 is 1.82. The summed E-state index contributed by atoms with van der Waals surface area (Å²) in [5.41, 5.74) is 1.41. The van der Waals surface area contributed by atoms with Crippen LogP contribution in [0.1, 0.15) is 10.4 Å². The zero-order valence-corrected chi connectivity index (χ0v) is 11.3. The van der Waals surface area contributed by atoms with E-state index in [1.165, 1.54) is 10.4 Å². The van der Waals surface area contributed by atoms with Crippen molar-refractivity contribution >= 4 is 11.3 Å². The molecule has 1 radical (unpaired) electrons. The SMILES string of the molecule is [C-]#[O+].[C-]#[O+].[C-]#[O+].[Mn].c1csc(C[c-]2cccc2)c1. The van der Waals surface area contributed by atoms with Crippen LogP contribution in [0, 0.1) is 20.0 Å². The van der Waals surface area contributed by atoms with Crippen LogP contribution in [0.5, 0.6) is 0 Å². The summed E-state index contributed by atoms with van der Waals surface area (Å²) in [6, 6.07) is 12.8. The Morgan fingerprint density at radius 2 is 1.44 bits per heavy atom. The van der Waals surface area contributed by atoms with Crippen molar-refractivity contribution < 1.29 is 31.0 Å². The molecule has 93 valence electrons. The molecule has 1 aromatic carbocycles. The molecule has 0 spiro atoms. The smallest absolute Gasteiger partial charge is 0 e. The Morgan fingerprint density at radius 3 is 1.83 bits per heavy atom. The molecule has 1 aromatic heterocycles. The van der Waals surface area contributed by atoms with Gasteiger partial charge in [-0.05, 0) is 22.7 Å². The zero-order chi connectivity index (χ0) is 13.5. The number of hydrogen-bond acceptors (Lipinski definition) is 1. The molecule has 18 heavy (non-hydrogen) atoms. The van der Waals surface area contributed by atoms with E-state index in [4.69, 9.17) is 14.0 Å². The third-order valence-electron chi connectivity index (χ3n) is 1.69. The van der Waals surface area contributed by atoms with Gasteiger partial charge in [0.15, 0.2) is 0 Å². The van der Waals surface area contributed by atoms with E-state index in [0.29, 0.717) is 0 Å². The first-order valence-electron chi connectivity index (χ1n) is 4.29. The van der Waals surface area contributed by atoms with Crippen LogP contribution in [0.2, 0.25) is 0 Å². The molecule has 0 amide bonds. The van der Waals surface area contributed by atoms with Crippen molar-refractivity contribution in [3.8, 4) is 0 Å². The maximum atomic E-state index is 7.50. The van der Waals surface area contributed by atoms with Crippen LogP contribution in [-0.2, 0) is 37.4 Å². The van der Waals surface area contributed by atoms with Gasteiger partial charge < -0.3 is 0 Å². The van der Waals surface area contributed by atoms with E-state index in [-0.39, 0.29) is 17.1 Å². The van der Waals surface area contributed by atoms with Crippen LogP contribution < -0.4 is 0 Å². The third-order valence-corrected chi connectivity index (χ3v) is 2.57. The van der Waals surface area contributed by atoms with Crippen LogP contribution >= 0.6 is 11.3 Å². The predicted octanol–water partition coefficient (Wildman–Crippen LogP) is 2.94. The first kappa shape index (κ1) is 22.0. The van der Waals surface area contributed by atoms with Gasteiger partial charge in [-0.3, -0.25) is 0 Å². The summed E-state index contributed by atoms with van der Waals surface area (Å²) in [7, 11) is 0. The molecule has 0 atom stereocenters. The van der Waals surface area contributed by atoms with Crippen LogP contribution in [-0.4, -0.2) is 0 Å². The van der Waals surface area contributed by atoms with Crippen LogP contribution in [0.4, 0.5) is 0 Å². The molecule has 0 saturated heterocycles. The van der Waals surface area contributed by atoms with E-state index in [1.807, 2.05) is 11.3 Å². The van der Waals surface area contributed by atoms with Crippen molar-refractivity contribution in [1.29, 1.82) is 0 Å². The summed E-state index contributed by atoms with van der Waals surface area (Å²) in [5.74, 6) is 0. The topological polar surface area (TPSA) is 59.7 Å². The zero-order valence-electron chi connectivity index (χ0n) is 9.26. The Labute approximate surface area is 121 Å². The second-order valence-corrected chi connectivity index (χ2v) is 3.58. The molecule has 3 nitrogen and oxygen atoms in total. The van der Waals surface area contributed by atoms with Gasteiger partial charge in [0.05, 0.1) is 0 Å². The molecule has 0 aliphatic heterocycles. The predicted molar refractivity (Wildman–Crippen MR) is 60.9 cm³/mol. The van der Waals surface area contributed by atoms with E-state index in [9.17, 15) is 0 Å². The quantitative estimate of drug-likeness (QED) is 0.465. The van der Waals surface area contributed by atoms with Gasteiger partial charge in [0, 0.05) is 17.1 Å². The van der Waals surface area contributed by atoms with E-state index in [2.05, 4.69) is 61.7 Å². The first-order valence-corrected chi connectivity index (χ1v) is 5.17. The molecular weight excluding hydrogens is 291 g/mol. The van der Waals surface area contributed by atoms with Crippen LogP contribution in [0.25, 0.3) is 0 Å². The molecule has 0 bridgehead atoms. The Morgan fingerprint density at radius 1 is 0.944 bits per heavy atom. The Bertz CT molecular complexity index is 366. The van der Waals surface area contributed by atoms with Gasteiger partial charge in [0.2, 0.25) is 0 Å². The number of rotatable bonds is 2. The van der Waals surface area contributed by atoms with Crippen molar-refractivity contribution in [2.45, 2.75) is 6.42 Å². The van der Waals surface area contributed by atoms with E-state index < -0.39 is 0 Å². The van der Waals surface area contributed by atoms with Gasteiger partial charge >= 0.3 is 33.9 Å².